The molecule has 0 radical (unpaired) electrons. The molecule has 114 valence electrons. The van der Waals surface area contributed by atoms with Gasteiger partial charge in [0.1, 0.15) is 5.82 Å². The Kier molecular flexibility index (Phi) is 4.32. The zero-order valence-electron chi connectivity index (χ0n) is 12.3. The Morgan fingerprint density at radius 3 is 2.50 bits per heavy atom. The number of carbonyl (C=O) groups excluding carboxylic acids is 1. The average molecular weight is 300 g/mol. The van der Waals surface area contributed by atoms with E-state index in [1.807, 2.05) is 25.1 Å². The van der Waals surface area contributed by atoms with Gasteiger partial charge in [0, 0.05) is 17.0 Å². The third-order valence-corrected chi connectivity index (χ3v) is 3.84. The smallest absolute Gasteiger partial charge is 0.184 e. The van der Waals surface area contributed by atoms with Crippen LogP contribution in [0.2, 0.25) is 0 Å². The second kappa shape index (κ2) is 6.38. The highest BCUT2D eigenvalue weighted by Gasteiger charge is 2.27. The standard InChI is InChI=1S/C18H17FO3/c1-12(17(20)13-5-3-2-4-6-13)15-8-7-14(19)11-16(15)18-21-9-10-22-18/h2-8,11-12,18H,9-10H2,1H3. The van der Waals surface area contributed by atoms with Crippen molar-refractivity contribution in [2.75, 3.05) is 13.2 Å². The number of halogens is 1. The van der Waals surface area contributed by atoms with Crippen molar-refractivity contribution >= 4 is 5.78 Å². The lowest BCUT2D eigenvalue weighted by molar-refractivity contribution is -0.0450. The van der Waals surface area contributed by atoms with Crippen LogP contribution in [0.1, 0.15) is 40.6 Å². The molecule has 0 aromatic heterocycles. The molecule has 1 saturated heterocycles. The summed E-state index contributed by atoms with van der Waals surface area (Å²) in [6.45, 7) is 2.77. The largest absolute Gasteiger partial charge is 0.346 e. The van der Waals surface area contributed by atoms with Crippen LogP contribution in [0.5, 0.6) is 0 Å². The summed E-state index contributed by atoms with van der Waals surface area (Å²) >= 11 is 0. The zero-order chi connectivity index (χ0) is 15.5. The molecule has 1 aliphatic heterocycles. The van der Waals surface area contributed by atoms with E-state index in [1.165, 1.54) is 12.1 Å². The lowest BCUT2D eigenvalue weighted by atomic mass is 9.89. The maximum Gasteiger partial charge on any atom is 0.184 e. The number of rotatable bonds is 4. The molecule has 1 atom stereocenters. The molecule has 4 heteroatoms. The van der Waals surface area contributed by atoms with Gasteiger partial charge in [0.15, 0.2) is 12.1 Å². The van der Waals surface area contributed by atoms with Gasteiger partial charge in [-0.3, -0.25) is 4.79 Å². The Balaban J connectivity index is 1.95. The molecular weight excluding hydrogens is 283 g/mol. The van der Waals surface area contributed by atoms with Gasteiger partial charge in [-0.1, -0.05) is 43.3 Å². The number of hydrogen-bond donors (Lipinski definition) is 0. The first-order chi connectivity index (χ1) is 10.7. The minimum Gasteiger partial charge on any atom is -0.346 e. The molecule has 0 aliphatic carbocycles. The van der Waals surface area contributed by atoms with E-state index in [0.29, 0.717) is 24.3 Å². The number of benzene rings is 2. The summed E-state index contributed by atoms with van der Waals surface area (Å²) in [7, 11) is 0. The van der Waals surface area contributed by atoms with E-state index < -0.39 is 12.2 Å². The zero-order valence-corrected chi connectivity index (χ0v) is 12.3. The molecule has 0 amide bonds. The van der Waals surface area contributed by atoms with Crippen LogP contribution >= 0.6 is 0 Å². The molecule has 0 spiro atoms. The minimum absolute atomic E-state index is 0.00791. The molecule has 22 heavy (non-hydrogen) atoms. The van der Waals surface area contributed by atoms with Gasteiger partial charge in [-0.15, -0.1) is 0 Å². The fourth-order valence-electron chi connectivity index (χ4n) is 2.68. The highest BCUT2D eigenvalue weighted by Crippen LogP contribution is 2.32. The van der Waals surface area contributed by atoms with Crippen LogP contribution < -0.4 is 0 Å². The summed E-state index contributed by atoms with van der Waals surface area (Å²) in [5, 5.41) is 0. The Bertz CT molecular complexity index is 663. The predicted octanol–water partition coefficient (Wildman–Crippen LogP) is 3.86. The molecule has 1 heterocycles. The molecule has 2 aromatic rings. The van der Waals surface area contributed by atoms with E-state index in [2.05, 4.69) is 0 Å². The molecule has 3 rings (SSSR count). The molecule has 2 aromatic carbocycles. The Hall–Kier alpha value is -2.04. The van der Waals surface area contributed by atoms with E-state index in [1.54, 1.807) is 18.2 Å². The second-order valence-corrected chi connectivity index (χ2v) is 5.30. The highest BCUT2D eigenvalue weighted by molar-refractivity contribution is 6.00. The van der Waals surface area contributed by atoms with Gasteiger partial charge in [0.25, 0.3) is 0 Å². The molecular formula is C18H17FO3. The van der Waals surface area contributed by atoms with Crippen molar-refractivity contribution in [3.63, 3.8) is 0 Å². The molecule has 1 fully saturated rings. The van der Waals surface area contributed by atoms with E-state index in [-0.39, 0.29) is 11.6 Å². The lowest BCUT2D eigenvalue weighted by Crippen LogP contribution is -2.14. The van der Waals surface area contributed by atoms with E-state index in [4.69, 9.17) is 9.47 Å². The van der Waals surface area contributed by atoms with Gasteiger partial charge < -0.3 is 9.47 Å². The third kappa shape index (κ3) is 2.93. The Labute approximate surface area is 128 Å². The third-order valence-electron chi connectivity index (χ3n) is 3.84. The van der Waals surface area contributed by atoms with Crippen molar-refractivity contribution in [3.8, 4) is 0 Å². The van der Waals surface area contributed by atoms with Gasteiger partial charge in [-0.2, -0.15) is 0 Å². The summed E-state index contributed by atoms with van der Waals surface area (Å²) in [6, 6.07) is 13.5. The Morgan fingerprint density at radius 1 is 1.14 bits per heavy atom. The van der Waals surface area contributed by atoms with Crippen LogP contribution in [0.25, 0.3) is 0 Å². The maximum atomic E-state index is 13.6. The normalized spacial score (nSPS) is 16.6. The van der Waals surface area contributed by atoms with Crippen LogP contribution in [0.4, 0.5) is 4.39 Å². The van der Waals surface area contributed by atoms with Crippen molar-refractivity contribution in [1.82, 2.24) is 0 Å². The first-order valence-electron chi connectivity index (χ1n) is 7.28. The quantitative estimate of drug-likeness (QED) is 0.804. The number of ether oxygens (including phenoxy) is 2. The van der Waals surface area contributed by atoms with E-state index in [9.17, 15) is 9.18 Å². The summed E-state index contributed by atoms with van der Waals surface area (Å²) in [5.41, 5.74) is 1.97. The first-order valence-corrected chi connectivity index (χ1v) is 7.28. The van der Waals surface area contributed by atoms with Crippen molar-refractivity contribution in [2.45, 2.75) is 19.1 Å². The fraction of sp³-hybridized carbons (Fsp3) is 0.278. The first kappa shape index (κ1) is 14.9. The average Bonchev–Trinajstić information content (AvgIpc) is 3.08. The van der Waals surface area contributed by atoms with Crippen molar-refractivity contribution in [1.29, 1.82) is 0 Å². The summed E-state index contributed by atoms with van der Waals surface area (Å²) < 4.78 is 24.5. The topological polar surface area (TPSA) is 35.5 Å². The van der Waals surface area contributed by atoms with Crippen LogP contribution in [-0.4, -0.2) is 19.0 Å². The Morgan fingerprint density at radius 2 is 1.82 bits per heavy atom. The van der Waals surface area contributed by atoms with Crippen LogP contribution in [0, 0.1) is 5.82 Å². The molecule has 0 saturated carbocycles. The fourth-order valence-corrected chi connectivity index (χ4v) is 2.68. The van der Waals surface area contributed by atoms with Crippen molar-refractivity contribution < 1.29 is 18.7 Å². The summed E-state index contributed by atoms with van der Waals surface area (Å²) in [5.74, 6) is -0.769. The number of Topliss-reactive ketones (excluding diaryl/α,β-unsaturated/α-hetero) is 1. The van der Waals surface area contributed by atoms with Gasteiger partial charge >= 0.3 is 0 Å². The van der Waals surface area contributed by atoms with Gasteiger partial charge in [0.2, 0.25) is 0 Å². The van der Waals surface area contributed by atoms with Crippen molar-refractivity contribution in [3.05, 3.63) is 71.0 Å². The highest BCUT2D eigenvalue weighted by atomic mass is 19.1. The van der Waals surface area contributed by atoms with Crippen LogP contribution in [-0.2, 0) is 9.47 Å². The lowest BCUT2D eigenvalue weighted by Gasteiger charge is -2.19. The van der Waals surface area contributed by atoms with Gasteiger partial charge in [-0.05, 0) is 17.7 Å². The summed E-state index contributed by atoms with van der Waals surface area (Å²) in [6.07, 6.45) is -0.600. The number of carbonyl (C=O) groups is 1. The molecule has 3 nitrogen and oxygen atoms in total. The van der Waals surface area contributed by atoms with E-state index >= 15 is 0 Å². The molecule has 0 bridgehead atoms. The summed E-state index contributed by atoms with van der Waals surface area (Å²) in [4.78, 5) is 12.6. The molecule has 1 unspecified atom stereocenters. The van der Waals surface area contributed by atoms with E-state index in [0.717, 1.165) is 5.56 Å². The predicted molar refractivity (Wildman–Crippen MR) is 80.2 cm³/mol. The van der Waals surface area contributed by atoms with Gasteiger partial charge in [-0.25, -0.2) is 4.39 Å². The maximum absolute atomic E-state index is 13.6. The second-order valence-electron chi connectivity index (χ2n) is 5.30. The molecule has 1 aliphatic rings. The van der Waals surface area contributed by atoms with Crippen LogP contribution in [0.15, 0.2) is 48.5 Å². The monoisotopic (exact) mass is 300 g/mol. The number of hydrogen-bond acceptors (Lipinski definition) is 3. The SMILES string of the molecule is CC(C(=O)c1ccccc1)c1ccc(F)cc1C1OCCO1. The van der Waals surface area contributed by atoms with Gasteiger partial charge in [0.05, 0.1) is 13.2 Å². The number of ketones is 1. The minimum atomic E-state index is -0.600. The molecule has 0 N–H and O–H groups in total. The van der Waals surface area contributed by atoms with Crippen molar-refractivity contribution in [2.24, 2.45) is 0 Å². The van der Waals surface area contributed by atoms with Crippen LogP contribution in [0.3, 0.4) is 0 Å².